The molecule has 1 aromatic heterocycles. The third-order valence-corrected chi connectivity index (χ3v) is 2.37. The van der Waals surface area contributed by atoms with Gasteiger partial charge >= 0.3 is 0 Å². The summed E-state index contributed by atoms with van der Waals surface area (Å²) in [6, 6.07) is 0. The molecule has 2 heterocycles. The summed E-state index contributed by atoms with van der Waals surface area (Å²) in [6.07, 6.45) is 1.47. The third-order valence-electron chi connectivity index (χ3n) is 2.04. The lowest BCUT2D eigenvalue weighted by Gasteiger charge is -2.16. The number of aromatic nitrogens is 2. The van der Waals surface area contributed by atoms with Gasteiger partial charge in [-0.25, -0.2) is 9.97 Å². The molecular formula is C8H9ClN2O. The van der Waals surface area contributed by atoms with Gasteiger partial charge in [-0.1, -0.05) is 11.6 Å². The fourth-order valence-electron chi connectivity index (χ4n) is 1.36. The molecule has 0 amide bonds. The van der Waals surface area contributed by atoms with Crippen LogP contribution in [0.1, 0.15) is 25.1 Å². The lowest BCUT2D eigenvalue weighted by molar-refractivity contribution is -0.0101. The molecule has 12 heavy (non-hydrogen) atoms. The van der Waals surface area contributed by atoms with Gasteiger partial charge in [0.1, 0.15) is 17.1 Å². The van der Waals surface area contributed by atoms with Gasteiger partial charge in [-0.15, -0.1) is 0 Å². The van der Waals surface area contributed by atoms with Gasteiger partial charge in [0.15, 0.2) is 0 Å². The predicted molar refractivity (Wildman–Crippen MR) is 44.9 cm³/mol. The van der Waals surface area contributed by atoms with Crippen molar-refractivity contribution >= 4 is 11.6 Å². The smallest absolute Gasteiger partial charge is 0.138 e. The van der Waals surface area contributed by atoms with E-state index in [1.165, 1.54) is 6.33 Å². The normalized spacial score (nSPS) is 19.2. The molecule has 0 radical (unpaired) electrons. The maximum Gasteiger partial charge on any atom is 0.138 e. The van der Waals surface area contributed by atoms with Crippen molar-refractivity contribution in [3.8, 4) is 0 Å². The van der Waals surface area contributed by atoms with Gasteiger partial charge < -0.3 is 4.74 Å². The quantitative estimate of drug-likeness (QED) is 0.578. The molecule has 1 aliphatic heterocycles. The van der Waals surface area contributed by atoms with E-state index in [0.717, 1.165) is 11.3 Å². The summed E-state index contributed by atoms with van der Waals surface area (Å²) in [4.78, 5) is 8.04. The Morgan fingerprint density at radius 2 is 2.25 bits per heavy atom. The molecule has 0 fully saturated rings. The van der Waals surface area contributed by atoms with Crippen LogP contribution in [-0.2, 0) is 16.9 Å². The fraction of sp³-hybridized carbons (Fsp3) is 0.500. The maximum atomic E-state index is 5.87. The van der Waals surface area contributed by atoms with Crippen LogP contribution >= 0.6 is 11.6 Å². The van der Waals surface area contributed by atoms with E-state index in [0.29, 0.717) is 11.8 Å². The highest BCUT2D eigenvalue weighted by Gasteiger charge is 2.34. The van der Waals surface area contributed by atoms with Crippen LogP contribution in [0.25, 0.3) is 0 Å². The molecule has 0 spiro atoms. The minimum absolute atomic E-state index is 0.318. The summed E-state index contributed by atoms with van der Waals surface area (Å²) in [6.45, 7) is 4.46. The van der Waals surface area contributed by atoms with Crippen LogP contribution in [0.3, 0.4) is 0 Å². The highest BCUT2D eigenvalue weighted by molar-refractivity contribution is 6.30. The van der Waals surface area contributed by atoms with Crippen LogP contribution < -0.4 is 0 Å². The molecular weight excluding hydrogens is 176 g/mol. The van der Waals surface area contributed by atoms with Gasteiger partial charge in [0.05, 0.1) is 12.3 Å². The molecule has 0 saturated heterocycles. The zero-order valence-corrected chi connectivity index (χ0v) is 7.72. The van der Waals surface area contributed by atoms with Crippen molar-refractivity contribution in [1.29, 1.82) is 0 Å². The Bertz CT molecular complexity index is 325. The highest BCUT2D eigenvalue weighted by Crippen LogP contribution is 2.36. The average molecular weight is 185 g/mol. The first kappa shape index (κ1) is 7.95. The second-order valence-electron chi connectivity index (χ2n) is 3.29. The topological polar surface area (TPSA) is 35.0 Å². The number of hydrogen-bond acceptors (Lipinski definition) is 3. The molecule has 4 heteroatoms. The maximum absolute atomic E-state index is 5.87. The van der Waals surface area contributed by atoms with Crippen LogP contribution in [0, 0.1) is 0 Å². The predicted octanol–water partition coefficient (Wildman–Crippen LogP) is 1.90. The summed E-state index contributed by atoms with van der Waals surface area (Å²) >= 11 is 5.87. The van der Waals surface area contributed by atoms with Gasteiger partial charge in [-0.2, -0.15) is 0 Å². The Hall–Kier alpha value is -0.670. The van der Waals surface area contributed by atoms with E-state index in [1.807, 2.05) is 13.8 Å². The molecule has 64 valence electrons. The number of ether oxygens (including phenoxy) is 1. The molecule has 0 aromatic carbocycles. The minimum atomic E-state index is -0.318. The lowest BCUT2D eigenvalue weighted by Crippen LogP contribution is -2.16. The van der Waals surface area contributed by atoms with E-state index < -0.39 is 0 Å². The minimum Gasteiger partial charge on any atom is -0.364 e. The van der Waals surface area contributed by atoms with Crippen molar-refractivity contribution in [3.63, 3.8) is 0 Å². The van der Waals surface area contributed by atoms with E-state index in [9.17, 15) is 0 Å². The van der Waals surface area contributed by atoms with E-state index in [-0.39, 0.29) is 5.60 Å². The van der Waals surface area contributed by atoms with Gasteiger partial charge in [0.25, 0.3) is 0 Å². The molecule has 0 aliphatic carbocycles. The van der Waals surface area contributed by atoms with Gasteiger partial charge in [0, 0.05) is 5.56 Å². The van der Waals surface area contributed by atoms with E-state index in [2.05, 4.69) is 9.97 Å². The van der Waals surface area contributed by atoms with Crippen molar-refractivity contribution in [3.05, 3.63) is 22.7 Å². The van der Waals surface area contributed by atoms with E-state index in [4.69, 9.17) is 16.3 Å². The molecule has 3 nitrogen and oxygen atoms in total. The lowest BCUT2D eigenvalue weighted by atomic mass is 10.0. The Morgan fingerprint density at radius 1 is 1.50 bits per heavy atom. The van der Waals surface area contributed by atoms with Gasteiger partial charge in [-0.3, -0.25) is 0 Å². The van der Waals surface area contributed by atoms with Crippen LogP contribution in [0.5, 0.6) is 0 Å². The molecule has 2 rings (SSSR count). The van der Waals surface area contributed by atoms with Gasteiger partial charge in [-0.05, 0) is 13.8 Å². The molecule has 0 saturated carbocycles. The number of halogens is 1. The van der Waals surface area contributed by atoms with E-state index >= 15 is 0 Å². The summed E-state index contributed by atoms with van der Waals surface area (Å²) < 4.78 is 5.50. The number of fused-ring (bicyclic) bond motifs is 1. The van der Waals surface area contributed by atoms with Crippen LogP contribution in [0.2, 0.25) is 5.15 Å². The summed E-state index contributed by atoms with van der Waals surface area (Å²) in [5.74, 6) is 0. The number of rotatable bonds is 0. The van der Waals surface area contributed by atoms with Crippen molar-refractivity contribution in [2.24, 2.45) is 0 Å². The number of nitrogens with zero attached hydrogens (tertiary/aromatic N) is 2. The standard InChI is InChI=1S/C8H9ClN2O/c1-8(2)6-5(3-12-8)7(9)11-4-10-6/h4H,3H2,1-2H3. The van der Waals surface area contributed by atoms with Crippen molar-refractivity contribution in [2.45, 2.75) is 26.1 Å². The molecule has 1 aliphatic rings. The van der Waals surface area contributed by atoms with Crippen molar-refractivity contribution in [2.75, 3.05) is 0 Å². The SMILES string of the molecule is CC1(C)OCc2c(Cl)ncnc21. The largest absolute Gasteiger partial charge is 0.364 e. The van der Waals surface area contributed by atoms with Crippen LogP contribution in [0.15, 0.2) is 6.33 Å². The molecule has 1 aromatic rings. The fourth-order valence-corrected chi connectivity index (χ4v) is 1.55. The molecule has 0 unspecified atom stereocenters. The summed E-state index contributed by atoms with van der Waals surface area (Å²) in [7, 11) is 0. The first-order chi connectivity index (χ1) is 5.61. The Balaban J connectivity index is 2.61. The molecule has 0 N–H and O–H groups in total. The average Bonchev–Trinajstić information content (AvgIpc) is 2.30. The van der Waals surface area contributed by atoms with Crippen molar-refractivity contribution in [1.82, 2.24) is 9.97 Å². The molecule has 0 bridgehead atoms. The van der Waals surface area contributed by atoms with Crippen LogP contribution in [0.4, 0.5) is 0 Å². The first-order valence-electron chi connectivity index (χ1n) is 3.75. The highest BCUT2D eigenvalue weighted by atomic mass is 35.5. The summed E-state index contributed by atoms with van der Waals surface area (Å²) in [5.41, 5.74) is 1.51. The monoisotopic (exact) mass is 184 g/mol. The Kier molecular flexibility index (Phi) is 1.59. The number of hydrogen-bond donors (Lipinski definition) is 0. The van der Waals surface area contributed by atoms with Crippen molar-refractivity contribution < 1.29 is 4.74 Å². The van der Waals surface area contributed by atoms with Crippen LogP contribution in [-0.4, -0.2) is 9.97 Å². The first-order valence-corrected chi connectivity index (χ1v) is 4.13. The van der Waals surface area contributed by atoms with E-state index in [1.54, 1.807) is 0 Å². The third kappa shape index (κ3) is 1.01. The zero-order valence-electron chi connectivity index (χ0n) is 6.97. The Labute approximate surface area is 75.7 Å². The summed E-state index contributed by atoms with van der Waals surface area (Å²) in [5, 5.41) is 0.505. The van der Waals surface area contributed by atoms with Gasteiger partial charge in [0.2, 0.25) is 0 Å². The zero-order chi connectivity index (χ0) is 8.77. The Morgan fingerprint density at radius 3 is 2.92 bits per heavy atom. The second-order valence-corrected chi connectivity index (χ2v) is 3.65. The second kappa shape index (κ2) is 2.41. The molecule has 0 atom stereocenters.